The molecule has 1 heteroatoms. The molecule has 1 heterocycles. The highest BCUT2D eigenvalue weighted by Gasteiger charge is 2.33. The minimum atomic E-state index is 0.273. The van der Waals surface area contributed by atoms with Crippen molar-refractivity contribution in [3.05, 3.63) is 42.0 Å². The lowest BCUT2D eigenvalue weighted by atomic mass is 9.72. The summed E-state index contributed by atoms with van der Waals surface area (Å²) in [7, 11) is 2.18. The van der Waals surface area contributed by atoms with Crippen LogP contribution in [0.15, 0.2) is 36.4 Å². The number of nitrogens with zero attached hydrogens (tertiary/aromatic N) is 1. The van der Waals surface area contributed by atoms with Crippen molar-refractivity contribution in [1.29, 1.82) is 0 Å². The van der Waals surface area contributed by atoms with Gasteiger partial charge in [0, 0.05) is 19.3 Å². The molecule has 86 valence electrons. The van der Waals surface area contributed by atoms with E-state index in [1.54, 1.807) is 0 Å². The van der Waals surface area contributed by atoms with Crippen molar-refractivity contribution in [2.75, 3.05) is 18.5 Å². The largest absolute Gasteiger partial charge is 0.374 e. The van der Waals surface area contributed by atoms with E-state index in [0.717, 1.165) is 13.0 Å². The lowest BCUT2D eigenvalue weighted by Crippen LogP contribution is -2.36. The Balaban J connectivity index is 2.45. The van der Waals surface area contributed by atoms with E-state index in [1.807, 2.05) is 0 Å². The van der Waals surface area contributed by atoms with Crippen LogP contribution in [0.5, 0.6) is 0 Å². The summed E-state index contributed by atoms with van der Waals surface area (Å²) in [5, 5.41) is 0. The number of benzene rings is 1. The fourth-order valence-corrected chi connectivity index (χ4v) is 2.84. The van der Waals surface area contributed by atoms with Gasteiger partial charge in [-0.2, -0.15) is 0 Å². The Morgan fingerprint density at radius 1 is 1.44 bits per heavy atom. The first-order chi connectivity index (χ1) is 7.53. The first kappa shape index (κ1) is 11.3. The van der Waals surface area contributed by atoms with E-state index in [1.165, 1.54) is 23.2 Å². The Morgan fingerprint density at radius 2 is 2.12 bits per heavy atom. The molecular formula is C15H21N. The summed E-state index contributed by atoms with van der Waals surface area (Å²) in [6, 6.07) is 8.77. The molecule has 16 heavy (non-hydrogen) atoms. The average Bonchev–Trinajstić information content (AvgIpc) is 2.24. The molecule has 0 amide bonds. The van der Waals surface area contributed by atoms with Crippen molar-refractivity contribution in [3.63, 3.8) is 0 Å². The number of allylic oxidation sites excluding steroid dienone is 1. The summed E-state index contributed by atoms with van der Waals surface area (Å²) >= 11 is 0. The van der Waals surface area contributed by atoms with Gasteiger partial charge in [0.2, 0.25) is 0 Å². The van der Waals surface area contributed by atoms with E-state index >= 15 is 0 Å². The fourth-order valence-electron chi connectivity index (χ4n) is 2.84. The first-order valence-electron chi connectivity index (χ1n) is 5.98. The Labute approximate surface area is 98.8 Å². The number of fused-ring (bicyclic) bond motifs is 1. The highest BCUT2D eigenvalue weighted by atomic mass is 15.1. The molecule has 0 saturated heterocycles. The van der Waals surface area contributed by atoms with Gasteiger partial charge in [0.25, 0.3) is 0 Å². The zero-order valence-electron chi connectivity index (χ0n) is 10.6. The van der Waals surface area contributed by atoms with Gasteiger partial charge in [-0.15, -0.1) is 6.58 Å². The van der Waals surface area contributed by atoms with Crippen molar-refractivity contribution >= 4 is 5.69 Å². The summed E-state index contributed by atoms with van der Waals surface area (Å²) in [6.07, 6.45) is 2.31. The maximum Gasteiger partial charge on any atom is 0.0401 e. The van der Waals surface area contributed by atoms with E-state index < -0.39 is 0 Å². The second-order valence-corrected chi connectivity index (χ2v) is 5.38. The van der Waals surface area contributed by atoms with E-state index in [2.05, 4.69) is 56.6 Å². The van der Waals surface area contributed by atoms with Crippen LogP contribution >= 0.6 is 0 Å². The predicted octanol–water partition coefficient (Wildman–Crippen LogP) is 3.75. The first-order valence-corrected chi connectivity index (χ1v) is 5.98. The van der Waals surface area contributed by atoms with Crippen molar-refractivity contribution in [2.24, 2.45) is 0 Å². The maximum atomic E-state index is 4.07. The normalized spacial score (nSPS) is 24.1. The van der Waals surface area contributed by atoms with Gasteiger partial charge >= 0.3 is 0 Å². The minimum Gasteiger partial charge on any atom is -0.374 e. The van der Waals surface area contributed by atoms with Crippen molar-refractivity contribution < 1.29 is 0 Å². The van der Waals surface area contributed by atoms with E-state index in [4.69, 9.17) is 0 Å². The molecule has 0 fully saturated rings. The van der Waals surface area contributed by atoms with Gasteiger partial charge in [-0.25, -0.2) is 0 Å². The Hall–Kier alpha value is -1.24. The molecule has 1 aliphatic rings. The topological polar surface area (TPSA) is 3.24 Å². The molecule has 1 aliphatic heterocycles. The van der Waals surface area contributed by atoms with Gasteiger partial charge in [-0.1, -0.05) is 30.7 Å². The third-order valence-electron chi connectivity index (χ3n) is 3.66. The van der Waals surface area contributed by atoms with Crippen LogP contribution in [0.25, 0.3) is 0 Å². The number of rotatable bonds is 2. The van der Waals surface area contributed by atoms with Crippen molar-refractivity contribution in [1.82, 2.24) is 0 Å². The molecule has 1 atom stereocenters. The van der Waals surface area contributed by atoms with Crippen LogP contribution in [-0.4, -0.2) is 13.6 Å². The summed E-state index contributed by atoms with van der Waals surface area (Å²) in [5.74, 6) is 0. The van der Waals surface area contributed by atoms with Gasteiger partial charge < -0.3 is 4.90 Å². The number of hydrogen-bond donors (Lipinski definition) is 0. The highest BCUT2D eigenvalue weighted by Crippen LogP contribution is 2.42. The summed E-state index contributed by atoms with van der Waals surface area (Å²) in [4.78, 5) is 2.36. The molecule has 0 aromatic heterocycles. The van der Waals surface area contributed by atoms with Crippen molar-refractivity contribution in [2.45, 2.75) is 32.1 Å². The Bertz CT molecular complexity index is 408. The average molecular weight is 215 g/mol. The van der Waals surface area contributed by atoms with Gasteiger partial charge in [0.05, 0.1) is 0 Å². The zero-order valence-corrected chi connectivity index (χ0v) is 10.6. The summed E-state index contributed by atoms with van der Waals surface area (Å²) in [5.41, 5.74) is 4.42. The molecule has 0 radical (unpaired) electrons. The Kier molecular flexibility index (Phi) is 2.79. The molecule has 1 aromatic rings. The fraction of sp³-hybridized carbons (Fsp3) is 0.467. The van der Waals surface area contributed by atoms with Gasteiger partial charge in [-0.05, 0) is 36.8 Å². The van der Waals surface area contributed by atoms with Crippen LogP contribution in [0.3, 0.4) is 0 Å². The molecule has 0 spiro atoms. The molecule has 0 aliphatic carbocycles. The monoisotopic (exact) mass is 215 g/mol. The second kappa shape index (κ2) is 3.97. The van der Waals surface area contributed by atoms with Crippen LogP contribution in [0, 0.1) is 0 Å². The quantitative estimate of drug-likeness (QED) is 0.679. The van der Waals surface area contributed by atoms with Crippen molar-refractivity contribution in [3.8, 4) is 0 Å². The van der Waals surface area contributed by atoms with Crippen LogP contribution in [-0.2, 0) is 5.41 Å². The third kappa shape index (κ3) is 1.87. The van der Waals surface area contributed by atoms with Crippen LogP contribution < -0.4 is 4.90 Å². The number of anilines is 1. The zero-order chi connectivity index (χ0) is 11.8. The second-order valence-electron chi connectivity index (χ2n) is 5.38. The Morgan fingerprint density at radius 3 is 2.81 bits per heavy atom. The molecule has 2 rings (SSSR count). The SMILES string of the molecule is C=C(C)C[C@@]1(C)CCN(C)c2ccccc21. The lowest BCUT2D eigenvalue weighted by Gasteiger charge is -2.41. The number of para-hydroxylation sites is 1. The molecule has 0 bridgehead atoms. The molecule has 1 nitrogen and oxygen atoms in total. The predicted molar refractivity (Wildman–Crippen MR) is 71.1 cm³/mol. The molecular weight excluding hydrogens is 194 g/mol. The lowest BCUT2D eigenvalue weighted by molar-refractivity contribution is 0.416. The molecule has 0 saturated carbocycles. The van der Waals surface area contributed by atoms with Gasteiger partial charge in [0.1, 0.15) is 0 Å². The van der Waals surface area contributed by atoms with Gasteiger partial charge in [-0.3, -0.25) is 0 Å². The summed E-state index contributed by atoms with van der Waals surface area (Å²) < 4.78 is 0. The smallest absolute Gasteiger partial charge is 0.0401 e. The minimum absolute atomic E-state index is 0.273. The van der Waals surface area contributed by atoms with E-state index in [9.17, 15) is 0 Å². The molecule has 1 aromatic carbocycles. The highest BCUT2D eigenvalue weighted by molar-refractivity contribution is 5.58. The molecule has 0 N–H and O–H groups in total. The van der Waals surface area contributed by atoms with Crippen LogP contribution in [0.2, 0.25) is 0 Å². The van der Waals surface area contributed by atoms with Gasteiger partial charge in [0.15, 0.2) is 0 Å². The number of hydrogen-bond acceptors (Lipinski definition) is 1. The summed E-state index contributed by atoms with van der Waals surface area (Å²) in [6.45, 7) is 9.71. The standard InChI is InChI=1S/C15H21N/c1-12(2)11-15(3)9-10-16(4)14-8-6-5-7-13(14)15/h5-8H,1,9-11H2,2-4H3/t15-/m1/s1. The van der Waals surface area contributed by atoms with Crippen LogP contribution in [0.1, 0.15) is 32.3 Å². The maximum absolute atomic E-state index is 4.07. The third-order valence-corrected chi connectivity index (χ3v) is 3.66. The molecule has 0 unspecified atom stereocenters. The van der Waals surface area contributed by atoms with Crippen LogP contribution in [0.4, 0.5) is 5.69 Å². The van der Waals surface area contributed by atoms with E-state index in [0.29, 0.717) is 0 Å². The van der Waals surface area contributed by atoms with E-state index in [-0.39, 0.29) is 5.41 Å².